The summed E-state index contributed by atoms with van der Waals surface area (Å²) in [5.41, 5.74) is 4.50. The molecule has 0 bridgehead atoms. The Kier molecular flexibility index (Phi) is 7.18. The molecule has 0 fully saturated rings. The topological polar surface area (TPSA) is 122 Å². The number of Topliss-reactive ketones (excluding diaryl/α,β-unsaturated/α-hetero) is 1. The molecular formula is C22H26ClN5O4S. The zero-order chi connectivity index (χ0) is 24.6. The van der Waals surface area contributed by atoms with Gasteiger partial charge in [0.25, 0.3) is 11.1 Å². The molecule has 0 aliphatic heterocycles. The van der Waals surface area contributed by atoms with Crippen molar-refractivity contribution in [2.45, 2.75) is 44.1 Å². The number of nitrogens with two attached hydrogens (primary N) is 1. The second-order valence-corrected chi connectivity index (χ2v) is 10.0. The largest absolute Gasteiger partial charge is 0.384 e. The van der Waals surface area contributed by atoms with Crippen molar-refractivity contribution < 1.29 is 4.79 Å². The highest BCUT2D eigenvalue weighted by atomic mass is 35.5. The summed E-state index contributed by atoms with van der Waals surface area (Å²) in [5, 5.41) is 0.418. The van der Waals surface area contributed by atoms with Crippen LogP contribution in [0.2, 0.25) is 5.02 Å². The smallest absolute Gasteiger partial charge is 0.332 e. The molecule has 3 rings (SSSR count). The van der Waals surface area contributed by atoms with Gasteiger partial charge in [0.15, 0.2) is 10.9 Å². The first-order chi connectivity index (χ1) is 15.4. The van der Waals surface area contributed by atoms with Gasteiger partial charge in [0.1, 0.15) is 11.4 Å². The lowest BCUT2D eigenvalue weighted by molar-refractivity contribution is 0.0992. The summed E-state index contributed by atoms with van der Waals surface area (Å²) in [6.07, 6.45) is 0.741. The van der Waals surface area contributed by atoms with Crippen molar-refractivity contribution in [2.24, 2.45) is 20.0 Å². The molecule has 0 aliphatic carbocycles. The van der Waals surface area contributed by atoms with E-state index in [1.807, 2.05) is 0 Å². The van der Waals surface area contributed by atoms with Gasteiger partial charge in [-0.2, -0.15) is 0 Å². The van der Waals surface area contributed by atoms with Gasteiger partial charge in [-0.25, -0.2) is 9.78 Å². The lowest BCUT2D eigenvalue weighted by Gasteiger charge is -2.18. The summed E-state index contributed by atoms with van der Waals surface area (Å²) in [7, 11) is 2.68. The minimum atomic E-state index is -0.800. The Bertz CT molecular complexity index is 1420. The fraction of sp³-hybridized carbons (Fsp3) is 0.409. The van der Waals surface area contributed by atoms with Crippen LogP contribution in [0.3, 0.4) is 0 Å². The van der Waals surface area contributed by atoms with E-state index in [4.69, 9.17) is 17.3 Å². The van der Waals surface area contributed by atoms with Gasteiger partial charge in [-0.1, -0.05) is 37.2 Å². The molecule has 2 aromatic heterocycles. The average molecular weight is 492 g/mol. The number of carbonyl (C=O) groups is 1. The molecule has 0 radical (unpaired) electrons. The Balaban J connectivity index is 2.09. The molecular weight excluding hydrogens is 466 g/mol. The van der Waals surface area contributed by atoms with Gasteiger partial charge in [-0.15, -0.1) is 0 Å². The molecule has 2 heterocycles. The van der Waals surface area contributed by atoms with Crippen molar-refractivity contribution >= 4 is 45.9 Å². The minimum Gasteiger partial charge on any atom is -0.384 e. The molecule has 11 heteroatoms. The molecule has 1 atom stereocenters. The zero-order valence-electron chi connectivity index (χ0n) is 19.1. The molecule has 1 unspecified atom stereocenters. The van der Waals surface area contributed by atoms with Crippen LogP contribution in [0.4, 0.5) is 5.82 Å². The van der Waals surface area contributed by atoms with Crippen LogP contribution in [0.15, 0.2) is 37.7 Å². The molecule has 9 nitrogen and oxygen atoms in total. The van der Waals surface area contributed by atoms with E-state index in [-0.39, 0.29) is 16.9 Å². The minimum absolute atomic E-state index is 0.198. The lowest BCUT2D eigenvalue weighted by atomic mass is 10.1. The zero-order valence-corrected chi connectivity index (χ0v) is 20.7. The van der Waals surface area contributed by atoms with Gasteiger partial charge in [0.05, 0.1) is 16.2 Å². The van der Waals surface area contributed by atoms with Gasteiger partial charge in [0.2, 0.25) is 0 Å². The van der Waals surface area contributed by atoms with E-state index < -0.39 is 22.3 Å². The molecule has 0 spiro atoms. The van der Waals surface area contributed by atoms with Crippen LogP contribution in [-0.2, 0) is 20.6 Å². The quantitative estimate of drug-likeness (QED) is 0.306. The van der Waals surface area contributed by atoms with Crippen molar-refractivity contribution in [1.82, 2.24) is 18.7 Å². The number of thioether (sulfide) groups is 1. The van der Waals surface area contributed by atoms with E-state index in [9.17, 15) is 19.2 Å². The Morgan fingerprint density at radius 2 is 1.79 bits per heavy atom. The summed E-state index contributed by atoms with van der Waals surface area (Å²) in [4.78, 5) is 55.7. The number of anilines is 1. The molecule has 0 amide bonds. The van der Waals surface area contributed by atoms with E-state index >= 15 is 0 Å². The maximum absolute atomic E-state index is 13.2. The number of fused-ring (bicyclic) bond motifs is 1. The van der Waals surface area contributed by atoms with Gasteiger partial charge in [-0.05, 0) is 37.5 Å². The van der Waals surface area contributed by atoms with E-state index in [2.05, 4.69) is 18.8 Å². The van der Waals surface area contributed by atoms with Gasteiger partial charge in [-0.3, -0.25) is 28.1 Å². The number of carbonyl (C=O) groups excluding carboxylic acids is 1. The number of ketones is 1. The highest BCUT2D eigenvalue weighted by molar-refractivity contribution is 8.00. The Hall–Kier alpha value is -2.85. The number of halogens is 1. The Morgan fingerprint density at radius 3 is 2.42 bits per heavy atom. The molecule has 33 heavy (non-hydrogen) atoms. The summed E-state index contributed by atoms with van der Waals surface area (Å²) >= 11 is 7.15. The predicted molar refractivity (Wildman–Crippen MR) is 131 cm³/mol. The molecule has 0 aliphatic rings. The van der Waals surface area contributed by atoms with Crippen LogP contribution in [-0.4, -0.2) is 29.7 Å². The van der Waals surface area contributed by atoms with Crippen molar-refractivity contribution in [3.8, 4) is 0 Å². The molecule has 3 aromatic rings. The van der Waals surface area contributed by atoms with Crippen molar-refractivity contribution in [3.63, 3.8) is 0 Å². The monoisotopic (exact) mass is 491 g/mol. The summed E-state index contributed by atoms with van der Waals surface area (Å²) in [5.74, 6) is -0.399. The number of aromatic nitrogens is 4. The summed E-state index contributed by atoms with van der Waals surface area (Å²) < 4.78 is 3.45. The van der Waals surface area contributed by atoms with Gasteiger partial charge >= 0.3 is 5.69 Å². The second kappa shape index (κ2) is 9.56. The number of hydrogen-bond donors (Lipinski definition) is 1. The van der Waals surface area contributed by atoms with Crippen molar-refractivity contribution in [1.29, 1.82) is 0 Å². The third-order valence-corrected chi connectivity index (χ3v) is 6.75. The highest BCUT2D eigenvalue weighted by Gasteiger charge is 2.27. The Labute approximate surface area is 199 Å². The van der Waals surface area contributed by atoms with Crippen LogP contribution in [0, 0.1) is 5.92 Å². The number of benzene rings is 1. The van der Waals surface area contributed by atoms with E-state index in [1.54, 1.807) is 29.7 Å². The number of hydrogen-bond acceptors (Lipinski definition) is 7. The molecule has 176 valence electrons. The number of rotatable bonds is 7. The third-order valence-electron chi connectivity index (χ3n) is 5.42. The molecule has 0 saturated heterocycles. The van der Waals surface area contributed by atoms with Crippen LogP contribution in [0.25, 0.3) is 10.9 Å². The van der Waals surface area contributed by atoms with E-state index in [0.717, 1.165) is 27.3 Å². The van der Waals surface area contributed by atoms with Gasteiger partial charge < -0.3 is 5.73 Å². The second-order valence-electron chi connectivity index (χ2n) is 8.29. The van der Waals surface area contributed by atoms with Crippen molar-refractivity contribution in [2.75, 3.05) is 5.73 Å². The highest BCUT2D eigenvalue weighted by Crippen LogP contribution is 2.26. The molecule has 1 aromatic carbocycles. The number of nitrogens with zero attached hydrogens (tertiary/aromatic N) is 4. The fourth-order valence-electron chi connectivity index (χ4n) is 3.35. The standard InChI is InChI=1S/C22H26ClN5O4S/c1-11(2)8-9-28-19(30)14-7-6-13(23)10-15(14)25-21(28)33-12(3)17(29)16-18(24)26(4)22(32)27(5)20(16)31/h6-7,10-12H,8-9,24H2,1-5H3. The predicted octanol–water partition coefficient (Wildman–Crippen LogP) is 2.44. The summed E-state index contributed by atoms with van der Waals surface area (Å²) in [6, 6.07) is 4.87. The van der Waals surface area contributed by atoms with Crippen LogP contribution >= 0.6 is 23.4 Å². The molecule has 2 N–H and O–H groups in total. The van der Waals surface area contributed by atoms with Crippen molar-refractivity contribution in [3.05, 3.63) is 60.0 Å². The molecule has 0 saturated carbocycles. The first-order valence-electron chi connectivity index (χ1n) is 10.4. The Morgan fingerprint density at radius 1 is 1.12 bits per heavy atom. The van der Waals surface area contributed by atoms with Crippen LogP contribution < -0.4 is 22.5 Å². The van der Waals surface area contributed by atoms with E-state index in [0.29, 0.717) is 33.5 Å². The van der Waals surface area contributed by atoms with Gasteiger partial charge in [0, 0.05) is 25.7 Å². The van der Waals surface area contributed by atoms with E-state index in [1.165, 1.54) is 14.1 Å². The lowest BCUT2D eigenvalue weighted by Crippen LogP contribution is -2.42. The average Bonchev–Trinajstić information content (AvgIpc) is 2.75. The third kappa shape index (κ3) is 4.77. The SMILES string of the molecule is CC(C)CCn1c(SC(C)C(=O)c2c(N)n(C)c(=O)n(C)c2=O)nc2cc(Cl)ccc2c1=O. The fourth-order valence-corrected chi connectivity index (χ4v) is 4.51. The maximum atomic E-state index is 13.2. The normalized spacial score (nSPS) is 12.5. The van der Waals surface area contributed by atoms with Crippen LogP contribution in [0.1, 0.15) is 37.6 Å². The van der Waals surface area contributed by atoms with Crippen LogP contribution in [0.5, 0.6) is 0 Å². The first-order valence-corrected chi connectivity index (χ1v) is 11.7. The summed E-state index contributed by atoms with van der Waals surface area (Å²) in [6.45, 7) is 6.14. The first kappa shape index (κ1) is 24.8. The maximum Gasteiger partial charge on any atom is 0.332 e. The number of nitrogen functional groups attached to an aromatic ring is 1.